The monoisotopic (exact) mass is 286 g/mol. The van der Waals surface area contributed by atoms with Crippen LogP contribution in [-0.4, -0.2) is 17.7 Å². The molecule has 1 aromatic carbocycles. The van der Waals surface area contributed by atoms with Crippen molar-refractivity contribution in [1.82, 2.24) is 9.88 Å². The molecule has 1 heterocycles. The highest BCUT2D eigenvalue weighted by Crippen LogP contribution is 2.18. The van der Waals surface area contributed by atoms with Crippen LogP contribution in [-0.2, 0) is 6.54 Å². The van der Waals surface area contributed by atoms with Crippen LogP contribution in [0.3, 0.4) is 0 Å². The highest BCUT2D eigenvalue weighted by atomic mass is 16.5. The molecule has 0 aliphatic rings. The third kappa shape index (κ3) is 4.94. The third-order valence-corrected chi connectivity index (χ3v) is 3.57. The number of para-hydroxylation sites is 1. The Morgan fingerprint density at radius 2 is 1.95 bits per heavy atom. The Morgan fingerprint density at radius 1 is 1.14 bits per heavy atom. The van der Waals surface area contributed by atoms with E-state index in [1.165, 1.54) is 18.4 Å². The summed E-state index contributed by atoms with van der Waals surface area (Å²) in [6.45, 7) is 6.97. The van der Waals surface area contributed by atoms with Gasteiger partial charge in [0.2, 0.25) is 0 Å². The Labute approximate surface area is 127 Å². The van der Waals surface area contributed by atoms with Crippen molar-refractivity contribution in [3.63, 3.8) is 0 Å². The van der Waals surface area contributed by atoms with E-state index in [2.05, 4.69) is 42.2 Å². The Morgan fingerprint density at radius 3 is 2.67 bits per heavy atom. The van der Waals surface area contributed by atoms with Gasteiger partial charge in [-0.15, -0.1) is 0 Å². The first-order valence-electron chi connectivity index (χ1n) is 7.90. The average Bonchev–Trinajstić information content (AvgIpc) is 2.97. The predicted molar refractivity (Wildman–Crippen MR) is 87.7 cm³/mol. The van der Waals surface area contributed by atoms with Crippen LogP contribution in [0.15, 0.2) is 48.8 Å². The largest absolute Gasteiger partial charge is 0.492 e. The fourth-order valence-corrected chi connectivity index (χ4v) is 2.51. The number of nitrogens with one attached hydrogen (secondary N) is 1. The molecule has 21 heavy (non-hydrogen) atoms. The molecular formula is C18H26N2O. The minimum absolute atomic E-state index is 0.469. The zero-order valence-electron chi connectivity index (χ0n) is 13.1. The van der Waals surface area contributed by atoms with E-state index in [1.54, 1.807) is 0 Å². The highest BCUT2D eigenvalue weighted by molar-refractivity contribution is 5.21. The maximum absolute atomic E-state index is 5.74. The number of hydrogen-bond acceptors (Lipinski definition) is 2. The smallest absolute Gasteiger partial charge is 0.119 e. The van der Waals surface area contributed by atoms with Crippen molar-refractivity contribution >= 4 is 0 Å². The molecule has 2 aromatic rings. The highest BCUT2D eigenvalue weighted by Gasteiger charge is 2.10. The zero-order chi connectivity index (χ0) is 14.9. The summed E-state index contributed by atoms with van der Waals surface area (Å²) < 4.78 is 7.94. The van der Waals surface area contributed by atoms with E-state index in [0.717, 1.165) is 18.8 Å². The lowest BCUT2D eigenvalue weighted by molar-refractivity contribution is 0.298. The van der Waals surface area contributed by atoms with Crippen molar-refractivity contribution in [1.29, 1.82) is 0 Å². The fourth-order valence-electron chi connectivity index (χ4n) is 2.51. The van der Waals surface area contributed by atoms with E-state index in [1.807, 2.05) is 30.3 Å². The van der Waals surface area contributed by atoms with Gasteiger partial charge in [0.05, 0.1) is 6.54 Å². The molecule has 1 unspecified atom stereocenters. The van der Waals surface area contributed by atoms with Gasteiger partial charge in [-0.3, -0.25) is 0 Å². The summed E-state index contributed by atoms with van der Waals surface area (Å²) in [4.78, 5) is 0. The van der Waals surface area contributed by atoms with Crippen molar-refractivity contribution < 1.29 is 4.74 Å². The molecule has 1 aromatic heterocycles. The van der Waals surface area contributed by atoms with E-state index in [0.29, 0.717) is 12.6 Å². The average molecular weight is 286 g/mol. The van der Waals surface area contributed by atoms with E-state index >= 15 is 0 Å². The normalized spacial score (nSPS) is 12.3. The lowest BCUT2D eigenvalue weighted by Crippen LogP contribution is -2.20. The molecule has 0 fully saturated rings. The van der Waals surface area contributed by atoms with Gasteiger partial charge in [0.25, 0.3) is 0 Å². The predicted octanol–water partition coefficient (Wildman–Crippen LogP) is 4.02. The Bertz CT molecular complexity index is 501. The van der Waals surface area contributed by atoms with Gasteiger partial charge < -0.3 is 14.6 Å². The lowest BCUT2D eigenvalue weighted by Gasteiger charge is -2.15. The van der Waals surface area contributed by atoms with Gasteiger partial charge in [-0.1, -0.05) is 38.5 Å². The summed E-state index contributed by atoms with van der Waals surface area (Å²) >= 11 is 0. The van der Waals surface area contributed by atoms with Crippen LogP contribution in [0.5, 0.6) is 5.75 Å². The minimum Gasteiger partial charge on any atom is -0.492 e. The summed E-state index contributed by atoms with van der Waals surface area (Å²) in [7, 11) is 0. The molecular weight excluding hydrogens is 260 g/mol. The van der Waals surface area contributed by atoms with Gasteiger partial charge in [0, 0.05) is 18.4 Å². The number of benzene rings is 1. The maximum atomic E-state index is 5.74. The lowest BCUT2D eigenvalue weighted by atomic mass is 10.1. The van der Waals surface area contributed by atoms with Crippen LogP contribution in [0.25, 0.3) is 0 Å². The number of rotatable bonds is 9. The molecule has 0 spiro atoms. The molecule has 114 valence electrons. The topological polar surface area (TPSA) is 26.2 Å². The second-order valence-corrected chi connectivity index (χ2v) is 5.24. The Kier molecular flexibility index (Phi) is 6.35. The van der Waals surface area contributed by atoms with Crippen molar-refractivity contribution in [3.05, 3.63) is 54.4 Å². The van der Waals surface area contributed by atoms with Crippen LogP contribution >= 0.6 is 0 Å². The van der Waals surface area contributed by atoms with E-state index < -0.39 is 0 Å². The first-order chi connectivity index (χ1) is 10.3. The van der Waals surface area contributed by atoms with Crippen molar-refractivity contribution in [2.75, 3.05) is 13.2 Å². The van der Waals surface area contributed by atoms with E-state index in [4.69, 9.17) is 4.74 Å². The van der Waals surface area contributed by atoms with E-state index in [9.17, 15) is 0 Å². The van der Waals surface area contributed by atoms with Gasteiger partial charge >= 0.3 is 0 Å². The van der Waals surface area contributed by atoms with E-state index in [-0.39, 0.29) is 0 Å². The Hall–Kier alpha value is -1.74. The van der Waals surface area contributed by atoms with Crippen molar-refractivity contribution in [3.8, 4) is 5.75 Å². The van der Waals surface area contributed by atoms with Gasteiger partial charge in [0.15, 0.2) is 0 Å². The molecule has 0 aliphatic carbocycles. The quantitative estimate of drug-likeness (QED) is 0.753. The first-order valence-corrected chi connectivity index (χ1v) is 7.90. The number of aromatic nitrogens is 1. The zero-order valence-corrected chi connectivity index (χ0v) is 13.1. The number of hydrogen-bond donors (Lipinski definition) is 1. The third-order valence-electron chi connectivity index (χ3n) is 3.57. The van der Waals surface area contributed by atoms with Crippen molar-refractivity contribution in [2.45, 2.75) is 39.3 Å². The number of nitrogens with zero attached hydrogens (tertiary/aromatic N) is 1. The molecule has 1 atom stereocenters. The van der Waals surface area contributed by atoms with Gasteiger partial charge in [0.1, 0.15) is 12.4 Å². The van der Waals surface area contributed by atoms with Gasteiger partial charge in [-0.05, 0) is 36.7 Å². The molecule has 1 N–H and O–H groups in total. The Balaban J connectivity index is 1.84. The second-order valence-electron chi connectivity index (χ2n) is 5.24. The molecule has 2 rings (SSSR count). The molecule has 0 saturated carbocycles. The van der Waals surface area contributed by atoms with Crippen LogP contribution in [0.4, 0.5) is 0 Å². The molecule has 0 saturated heterocycles. The number of ether oxygens (including phenoxy) is 1. The minimum atomic E-state index is 0.469. The molecule has 0 bridgehead atoms. The first kappa shape index (κ1) is 15.6. The summed E-state index contributed by atoms with van der Waals surface area (Å²) in [5.41, 5.74) is 1.37. The summed E-state index contributed by atoms with van der Waals surface area (Å²) in [5, 5.41) is 3.55. The van der Waals surface area contributed by atoms with Gasteiger partial charge in [-0.25, -0.2) is 0 Å². The molecule has 0 amide bonds. The molecule has 3 nitrogen and oxygen atoms in total. The van der Waals surface area contributed by atoms with Gasteiger partial charge in [-0.2, -0.15) is 0 Å². The maximum Gasteiger partial charge on any atom is 0.119 e. The summed E-state index contributed by atoms with van der Waals surface area (Å²) in [6, 6.07) is 12.7. The second kappa shape index (κ2) is 8.53. The van der Waals surface area contributed by atoms with Crippen LogP contribution in [0.2, 0.25) is 0 Å². The SMILES string of the molecule is CCCC(NCC)c1ccn(CCOc2ccccc2)c1. The molecule has 0 radical (unpaired) electrons. The molecule has 0 aliphatic heterocycles. The fraction of sp³-hybridized carbons (Fsp3) is 0.444. The van der Waals surface area contributed by atoms with Crippen LogP contribution in [0.1, 0.15) is 38.3 Å². The summed E-state index contributed by atoms with van der Waals surface area (Å²) in [6.07, 6.45) is 6.75. The standard InChI is InChI=1S/C18H26N2O/c1-3-8-18(19-4-2)16-11-12-20(15-16)13-14-21-17-9-6-5-7-10-17/h5-7,9-12,15,18-19H,3-4,8,13-14H2,1-2H3. The van der Waals surface area contributed by atoms with Crippen LogP contribution in [0, 0.1) is 0 Å². The van der Waals surface area contributed by atoms with Crippen molar-refractivity contribution in [2.24, 2.45) is 0 Å². The molecule has 3 heteroatoms. The summed E-state index contributed by atoms with van der Waals surface area (Å²) in [5.74, 6) is 0.932. The van der Waals surface area contributed by atoms with Crippen LogP contribution < -0.4 is 10.1 Å².